The molecule has 0 aliphatic heterocycles. The summed E-state index contributed by atoms with van der Waals surface area (Å²) in [4.78, 5) is 16.3. The fourth-order valence-corrected chi connectivity index (χ4v) is 2.94. The summed E-state index contributed by atoms with van der Waals surface area (Å²) in [5.74, 6) is 0.0785. The van der Waals surface area contributed by atoms with Crippen LogP contribution in [0, 0.1) is 0 Å². The second kappa shape index (κ2) is 9.51. The molecule has 0 aliphatic carbocycles. The van der Waals surface area contributed by atoms with Crippen molar-refractivity contribution in [1.82, 2.24) is 4.98 Å². The maximum Gasteiger partial charge on any atom is 0.416 e. The van der Waals surface area contributed by atoms with Gasteiger partial charge in [-0.05, 0) is 41.8 Å². The van der Waals surface area contributed by atoms with E-state index in [1.165, 1.54) is 25.4 Å². The molecule has 0 saturated heterocycles. The number of halogens is 3. The number of hydrogen-bond donors (Lipinski definition) is 1. The van der Waals surface area contributed by atoms with Crippen LogP contribution in [0.3, 0.4) is 0 Å². The van der Waals surface area contributed by atoms with E-state index in [-0.39, 0.29) is 36.0 Å². The van der Waals surface area contributed by atoms with E-state index >= 15 is 0 Å². The molecule has 8 heteroatoms. The highest BCUT2D eigenvalue weighted by Crippen LogP contribution is 2.30. The zero-order valence-electron chi connectivity index (χ0n) is 16.6. The molecule has 0 aliphatic rings. The van der Waals surface area contributed by atoms with Gasteiger partial charge in [-0.2, -0.15) is 13.2 Å². The second-order valence-electron chi connectivity index (χ2n) is 6.76. The van der Waals surface area contributed by atoms with E-state index in [4.69, 9.17) is 9.47 Å². The normalized spacial score (nSPS) is 11.2. The first kappa shape index (κ1) is 22.1. The quantitative estimate of drug-likeness (QED) is 0.496. The Balaban J connectivity index is 1.56. The highest BCUT2D eigenvalue weighted by Gasteiger charge is 2.30. The number of aromatic nitrogens is 1. The van der Waals surface area contributed by atoms with Gasteiger partial charge in [0, 0.05) is 18.7 Å². The Morgan fingerprint density at radius 1 is 1.06 bits per heavy atom. The first-order chi connectivity index (χ1) is 14.8. The van der Waals surface area contributed by atoms with Crippen LogP contribution in [0.1, 0.15) is 33.6 Å². The lowest BCUT2D eigenvalue weighted by atomic mass is 10.1. The van der Waals surface area contributed by atoms with Gasteiger partial charge in [0.25, 0.3) is 0 Å². The van der Waals surface area contributed by atoms with E-state index in [1.807, 2.05) is 0 Å². The number of benzene rings is 2. The topological polar surface area (TPSA) is 68.7 Å². The van der Waals surface area contributed by atoms with Gasteiger partial charge in [-0.3, -0.25) is 4.79 Å². The van der Waals surface area contributed by atoms with Crippen molar-refractivity contribution in [3.8, 4) is 17.2 Å². The Labute approximate surface area is 177 Å². The van der Waals surface area contributed by atoms with Crippen LogP contribution in [-0.4, -0.2) is 23.0 Å². The molecule has 31 heavy (non-hydrogen) atoms. The monoisotopic (exact) mass is 431 g/mol. The molecule has 162 valence electrons. The lowest BCUT2D eigenvalue weighted by Crippen LogP contribution is -2.06. The first-order valence-electron chi connectivity index (χ1n) is 9.41. The van der Waals surface area contributed by atoms with Gasteiger partial charge in [-0.15, -0.1) is 0 Å². The number of alkyl halides is 3. The average Bonchev–Trinajstić information content (AvgIpc) is 2.76. The molecular formula is C23H20F3NO4. The summed E-state index contributed by atoms with van der Waals surface area (Å²) in [7, 11) is 1.39. The van der Waals surface area contributed by atoms with Gasteiger partial charge >= 0.3 is 6.18 Å². The van der Waals surface area contributed by atoms with Crippen molar-refractivity contribution in [2.45, 2.75) is 25.6 Å². The van der Waals surface area contributed by atoms with E-state index in [0.29, 0.717) is 17.7 Å². The molecular weight excluding hydrogens is 411 g/mol. The molecule has 1 heterocycles. The molecule has 5 nitrogen and oxygen atoms in total. The van der Waals surface area contributed by atoms with Crippen molar-refractivity contribution in [1.29, 1.82) is 0 Å². The summed E-state index contributed by atoms with van der Waals surface area (Å²) >= 11 is 0. The number of rotatable bonds is 8. The van der Waals surface area contributed by atoms with Crippen molar-refractivity contribution in [2.75, 3.05) is 7.11 Å². The minimum atomic E-state index is -4.40. The number of aromatic hydroxyl groups is 1. The van der Waals surface area contributed by atoms with Crippen LogP contribution in [-0.2, 0) is 19.2 Å². The highest BCUT2D eigenvalue weighted by molar-refractivity contribution is 5.97. The molecule has 3 rings (SSSR count). The largest absolute Gasteiger partial charge is 0.503 e. The Morgan fingerprint density at radius 3 is 2.48 bits per heavy atom. The maximum absolute atomic E-state index is 12.8. The van der Waals surface area contributed by atoms with Crippen molar-refractivity contribution < 1.29 is 32.5 Å². The van der Waals surface area contributed by atoms with Crippen LogP contribution < -0.4 is 9.47 Å². The number of methoxy groups -OCH3 is 1. The van der Waals surface area contributed by atoms with Crippen LogP contribution in [0.2, 0.25) is 0 Å². The molecule has 0 amide bonds. The van der Waals surface area contributed by atoms with Crippen LogP contribution in [0.25, 0.3) is 0 Å². The standard InChI is InChI=1S/C23H20F3NO4/c1-30-20-11-12-27-21(22(20)29)19(28)10-7-15-5-8-18(9-6-15)31-14-16-3-2-4-17(13-16)23(24,25)26/h2-6,8-9,11-13,29H,7,10,14H2,1H3. The summed E-state index contributed by atoms with van der Waals surface area (Å²) in [6.07, 6.45) is -2.45. The van der Waals surface area contributed by atoms with Crippen LogP contribution in [0.15, 0.2) is 60.8 Å². The molecule has 0 saturated carbocycles. The van der Waals surface area contributed by atoms with Crippen molar-refractivity contribution in [3.63, 3.8) is 0 Å². The summed E-state index contributed by atoms with van der Waals surface area (Å²) in [6.45, 7) is 0.00252. The van der Waals surface area contributed by atoms with Gasteiger partial charge in [0.1, 0.15) is 12.4 Å². The van der Waals surface area contributed by atoms with Gasteiger partial charge in [0.15, 0.2) is 23.0 Å². The third-order valence-electron chi connectivity index (χ3n) is 4.60. The predicted octanol–water partition coefficient (Wildman–Crippen LogP) is 5.21. The third kappa shape index (κ3) is 5.75. The zero-order chi connectivity index (χ0) is 22.4. The Morgan fingerprint density at radius 2 is 1.81 bits per heavy atom. The number of ether oxygens (including phenoxy) is 2. The lowest BCUT2D eigenvalue weighted by Gasteiger charge is -2.10. The minimum absolute atomic E-state index is 0.00252. The van der Waals surface area contributed by atoms with Gasteiger partial charge in [0.2, 0.25) is 0 Å². The number of hydrogen-bond acceptors (Lipinski definition) is 5. The summed E-state index contributed by atoms with van der Waals surface area (Å²) < 4.78 is 48.9. The fraction of sp³-hybridized carbons (Fsp3) is 0.217. The first-order valence-corrected chi connectivity index (χ1v) is 9.41. The number of pyridine rings is 1. The molecule has 0 radical (unpaired) electrons. The fourth-order valence-electron chi connectivity index (χ4n) is 2.94. The number of Topliss-reactive ketones (excluding diaryl/α,β-unsaturated/α-hetero) is 1. The summed E-state index contributed by atoms with van der Waals surface area (Å²) in [5.41, 5.74) is 0.516. The van der Waals surface area contributed by atoms with E-state index in [2.05, 4.69) is 4.98 Å². The number of carbonyl (C=O) groups is 1. The van der Waals surface area contributed by atoms with Gasteiger partial charge < -0.3 is 14.6 Å². The molecule has 0 spiro atoms. The molecule has 0 atom stereocenters. The third-order valence-corrected chi connectivity index (χ3v) is 4.60. The Hall–Kier alpha value is -3.55. The molecule has 3 aromatic rings. The molecule has 0 bridgehead atoms. The zero-order valence-corrected chi connectivity index (χ0v) is 16.6. The van der Waals surface area contributed by atoms with Gasteiger partial charge in [-0.1, -0.05) is 24.3 Å². The summed E-state index contributed by atoms with van der Waals surface area (Å²) in [6, 6.07) is 13.4. The van der Waals surface area contributed by atoms with Crippen molar-refractivity contribution >= 4 is 5.78 Å². The minimum Gasteiger partial charge on any atom is -0.503 e. The Bertz CT molecular complexity index is 1050. The van der Waals surface area contributed by atoms with Crippen LogP contribution in [0.5, 0.6) is 17.2 Å². The van der Waals surface area contributed by atoms with E-state index in [0.717, 1.165) is 17.7 Å². The number of nitrogens with zero attached hydrogens (tertiary/aromatic N) is 1. The van der Waals surface area contributed by atoms with E-state index in [9.17, 15) is 23.1 Å². The van der Waals surface area contributed by atoms with Gasteiger partial charge in [-0.25, -0.2) is 4.98 Å². The maximum atomic E-state index is 12.8. The van der Waals surface area contributed by atoms with E-state index < -0.39 is 11.7 Å². The number of aryl methyl sites for hydroxylation is 1. The summed E-state index contributed by atoms with van der Waals surface area (Å²) in [5, 5.41) is 10.0. The van der Waals surface area contributed by atoms with Crippen LogP contribution >= 0.6 is 0 Å². The second-order valence-corrected chi connectivity index (χ2v) is 6.76. The molecule has 0 fully saturated rings. The lowest BCUT2D eigenvalue weighted by molar-refractivity contribution is -0.137. The van der Waals surface area contributed by atoms with Crippen LogP contribution in [0.4, 0.5) is 13.2 Å². The smallest absolute Gasteiger partial charge is 0.416 e. The predicted molar refractivity (Wildman–Crippen MR) is 107 cm³/mol. The SMILES string of the molecule is COc1ccnc(C(=O)CCc2ccc(OCc3cccc(C(F)(F)F)c3)cc2)c1O. The van der Waals surface area contributed by atoms with Crippen molar-refractivity contribution in [3.05, 3.63) is 83.2 Å². The molecule has 2 aromatic carbocycles. The number of ketones is 1. The van der Waals surface area contributed by atoms with E-state index in [1.54, 1.807) is 30.3 Å². The number of carbonyl (C=O) groups excluding carboxylic acids is 1. The molecule has 0 unspecified atom stereocenters. The van der Waals surface area contributed by atoms with Gasteiger partial charge in [0.05, 0.1) is 12.7 Å². The average molecular weight is 431 g/mol. The van der Waals surface area contributed by atoms with Crippen molar-refractivity contribution in [2.24, 2.45) is 0 Å². The molecule has 1 aromatic heterocycles. The Kier molecular flexibility index (Phi) is 6.79. The highest BCUT2D eigenvalue weighted by atomic mass is 19.4. The molecule has 1 N–H and O–H groups in total.